The van der Waals surface area contributed by atoms with Crippen molar-refractivity contribution >= 4 is 15.9 Å². The van der Waals surface area contributed by atoms with E-state index in [1.807, 2.05) is 6.92 Å². The van der Waals surface area contributed by atoms with Gasteiger partial charge in [0.2, 0.25) is 5.88 Å². The van der Waals surface area contributed by atoms with E-state index in [2.05, 4.69) is 26.1 Å². The van der Waals surface area contributed by atoms with Crippen LogP contribution in [0.2, 0.25) is 0 Å². The molecule has 5 heteroatoms. The Morgan fingerprint density at radius 3 is 2.69 bits per heavy atom. The van der Waals surface area contributed by atoms with Gasteiger partial charge in [0, 0.05) is 10.5 Å². The number of benzene rings is 1. The fourth-order valence-corrected chi connectivity index (χ4v) is 1.45. The molecule has 0 aliphatic carbocycles. The number of aromatic nitrogens is 2. The zero-order valence-electron chi connectivity index (χ0n) is 8.45. The topological polar surface area (TPSA) is 35.0 Å². The molecule has 1 heterocycles. The van der Waals surface area contributed by atoms with Crippen LogP contribution in [0.4, 0.5) is 4.39 Å². The van der Waals surface area contributed by atoms with Gasteiger partial charge in [-0.25, -0.2) is 4.39 Å². The van der Waals surface area contributed by atoms with E-state index in [0.29, 0.717) is 0 Å². The Morgan fingerprint density at radius 2 is 2.00 bits per heavy atom. The van der Waals surface area contributed by atoms with Gasteiger partial charge in [0.15, 0.2) is 11.6 Å². The van der Waals surface area contributed by atoms with Crippen LogP contribution < -0.4 is 4.74 Å². The third-order valence-electron chi connectivity index (χ3n) is 1.88. The molecule has 0 fully saturated rings. The van der Waals surface area contributed by atoms with Crippen molar-refractivity contribution in [2.24, 2.45) is 0 Å². The lowest BCUT2D eigenvalue weighted by atomic mass is 10.3. The summed E-state index contributed by atoms with van der Waals surface area (Å²) in [6, 6.07) is 7.85. The largest absolute Gasteiger partial charge is 0.434 e. The van der Waals surface area contributed by atoms with Crippen LogP contribution in [0.5, 0.6) is 11.6 Å². The van der Waals surface area contributed by atoms with Crippen LogP contribution >= 0.6 is 15.9 Å². The smallest absolute Gasteiger partial charge is 0.238 e. The Balaban J connectivity index is 2.26. The number of hydrogen-bond acceptors (Lipinski definition) is 3. The summed E-state index contributed by atoms with van der Waals surface area (Å²) in [6.07, 6.45) is 0. The lowest BCUT2D eigenvalue weighted by Gasteiger charge is -2.05. The van der Waals surface area contributed by atoms with E-state index >= 15 is 0 Å². The number of aryl methyl sites for hydroxylation is 1. The molecule has 2 aromatic rings. The first-order valence-electron chi connectivity index (χ1n) is 4.58. The molecule has 0 saturated heterocycles. The molecule has 1 aromatic carbocycles. The second-order valence-corrected chi connectivity index (χ2v) is 4.11. The predicted octanol–water partition coefficient (Wildman–Crippen LogP) is 3.48. The van der Waals surface area contributed by atoms with Crippen molar-refractivity contribution in [2.45, 2.75) is 6.92 Å². The minimum atomic E-state index is -0.439. The highest BCUT2D eigenvalue weighted by Gasteiger charge is 2.06. The average Bonchev–Trinajstić information content (AvgIpc) is 2.27. The highest BCUT2D eigenvalue weighted by Crippen LogP contribution is 2.26. The van der Waals surface area contributed by atoms with Crippen LogP contribution in [-0.4, -0.2) is 10.2 Å². The summed E-state index contributed by atoms with van der Waals surface area (Å²) in [6.45, 7) is 1.82. The molecule has 82 valence electrons. The number of rotatable bonds is 2. The third kappa shape index (κ3) is 2.55. The van der Waals surface area contributed by atoms with Gasteiger partial charge in [0.1, 0.15) is 0 Å². The second kappa shape index (κ2) is 4.57. The van der Waals surface area contributed by atoms with Crippen molar-refractivity contribution in [2.75, 3.05) is 0 Å². The molecular formula is C11H8BrFN2O. The lowest BCUT2D eigenvalue weighted by Crippen LogP contribution is -1.93. The third-order valence-corrected chi connectivity index (χ3v) is 2.37. The number of hydrogen-bond donors (Lipinski definition) is 0. The van der Waals surface area contributed by atoms with Crippen molar-refractivity contribution in [3.63, 3.8) is 0 Å². The number of ether oxygens (including phenoxy) is 1. The summed E-state index contributed by atoms with van der Waals surface area (Å²) in [5.74, 6) is -0.0549. The summed E-state index contributed by atoms with van der Waals surface area (Å²) in [7, 11) is 0. The van der Waals surface area contributed by atoms with E-state index in [1.54, 1.807) is 18.2 Å². The minimum Gasteiger partial charge on any atom is -0.434 e. The van der Waals surface area contributed by atoms with Gasteiger partial charge in [-0.2, -0.15) is 5.10 Å². The summed E-state index contributed by atoms with van der Waals surface area (Å²) in [5.41, 5.74) is 0.780. The summed E-state index contributed by atoms with van der Waals surface area (Å²) >= 11 is 3.24. The van der Waals surface area contributed by atoms with Gasteiger partial charge in [-0.15, -0.1) is 5.10 Å². The molecule has 3 nitrogen and oxygen atoms in total. The molecule has 0 aliphatic rings. The van der Waals surface area contributed by atoms with Crippen molar-refractivity contribution in [3.05, 3.63) is 46.3 Å². The standard InChI is InChI=1S/C11H8BrFN2O/c1-7-2-5-11(15-14-7)16-10-6-8(12)3-4-9(10)13/h2-6H,1H3. The van der Waals surface area contributed by atoms with Gasteiger partial charge in [-0.3, -0.25) is 0 Å². The minimum absolute atomic E-state index is 0.118. The van der Waals surface area contributed by atoms with Gasteiger partial charge in [0.25, 0.3) is 0 Å². The van der Waals surface area contributed by atoms with Crippen molar-refractivity contribution in [1.82, 2.24) is 10.2 Å². The zero-order valence-corrected chi connectivity index (χ0v) is 10.0. The highest BCUT2D eigenvalue weighted by molar-refractivity contribution is 9.10. The Kier molecular flexibility index (Phi) is 3.14. The Morgan fingerprint density at radius 1 is 1.19 bits per heavy atom. The van der Waals surface area contributed by atoms with E-state index in [0.717, 1.165) is 10.2 Å². The Bertz CT molecular complexity index is 502. The molecule has 2 rings (SSSR count). The van der Waals surface area contributed by atoms with Gasteiger partial charge in [-0.05, 0) is 31.2 Å². The van der Waals surface area contributed by atoms with Crippen LogP contribution in [0.1, 0.15) is 5.69 Å². The molecule has 0 saturated carbocycles. The van der Waals surface area contributed by atoms with Crippen molar-refractivity contribution in [3.8, 4) is 11.6 Å². The van der Waals surface area contributed by atoms with Crippen molar-refractivity contribution in [1.29, 1.82) is 0 Å². The quantitative estimate of drug-likeness (QED) is 0.846. The maximum absolute atomic E-state index is 13.3. The van der Waals surface area contributed by atoms with Gasteiger partial charge in [-0.1, -0.05) is 15.9 Å². The zero-order chi connectivity index (χ0) is 11.5. The highest BCUT2D eigenvalue weighted by atomic mass is 79.9. The van der Waals surface area contributed by atoms with E-state index in [4.69, 9.17) is 4.74 Å². The summed E-state index contributed by atoms with van der Waals surface area (Å²) in [5, 5.41) is 7.61. The lowest BCUT2D eigenvalue weighted by molar-refractivity contribution is 0.421. The number of nitrogens with zero attached hydrogens (tertiary/aromatic N) is 2. The van der Waals surface area contributed by atoms with Gasteiger partial charge in [0.05, 0.1) is 5.69 Å². The van der Waals surface area contributed by atoms with E-state index in [1.165, 1.54) is 12.1 Å². The fourth-order valence-electron chi connectivity index (χ4n) is 1.11. The average molecular weight is 283 g/mol. The molecule has 16 heavy (non-hydrogen) atoms. The first-order valence-corrected chi connectivity index (χ1v) is 5.38. The second-order valence-electron chi connectivity index (χ2n) is 3.19. The predicted molar refractivity (Wildman–Crippen MR) is 60.9 cm³/mol. The van der Waals surface area contributed by atoms with E-state index in [9.17, 15) is 4.39 Å². The molecule has 0 unspecified atom stereocenters. The van der Waals surface area contributed by atoms with Crippen LogP contribution in [0.25, 0.3) is 0 Å². The number of halogens is 2. The van der Waals surface area contributed by atoms with Crippen LogP contribution in [0.3, 0.4) is 0 Å². The molecular weight excluding hydrogens is 275 g/mol. The molecule has 0 atom stereocenters. The first kappa shape index (κ1) is 11.0. The summed E-state index contributed by atoms with van der Waals surface area (Å²) in [4.78, 5) is 0. The monoisotopic (exact) mass is 282 g/mol. The molecule has 0 bridgehead atoms. The molecule has 0 N–H and O–H groups in total. The summed E-state index contributed by atoms with van der Waals surface area (Å²) < 4.78 is 19.3. The van der Waals surface area contributed by atoms with E-state index < -0.39 is 5.82 Å². The molecule has 0 radical (unpaired) electrons. The molecule has 1 aromatic heterocycles. The molecule has 0 amide bonds. The Hall–Kier alpha value is -1.49. The molecule has 0 aliphatic heterocycles. The SMILES string of the molecule is Cc1ccc(Oc2cc(Br)ccc2F)nn1. The fraction of sp³-hybridized carbons (Fsp3) is 0.0909. The Labute approximate surface area is 100 Å². The van der Waals surface area contributed by atoms with Crippen LogP contribution in [-0.2, 0) is 0 Å². The van der Waals surface area contributed by atoms with Gasteiger partial charge < -0.3 is 4.74 Å². The van der Waals surface area contributed by atoms with E-state index in [-0.39, 0.29) is 11.6 Å². The maximum Gasteiger partial charge on any atom is 0.238 e. The first-order chi connectivity index (χ1) is 7.65. The van der Waals surface area contributed by atoms with Crippen LogP contribution in [0.15, 0.2) is 34.8 Å². The maximum atomic E-state index is 13.3. The van der Waals surface area contributed by atoms with Crippen molar-refractivity contribution < 1.29 is 9.13 Å². The van der Waals surface area contributed by atoms with Crippen LogP contribution in [0, 0.1) is 12.7 Å². The normalized spacial score (nSPS) is 10.2. The molecule has 0 spiro atoms. The van der Waals surface area contributed by atoms with Gasteiger partial charge >= 0.3 is 0 Å².